The first-order valence-electron chi connectivity index (χ1n) is 13.0. The second-order valence-corrected chi connectivity index (χ2v) is 9.82. The Morgan fingerprint density at radius 1 is 0.854 bits per heavy atom. The zero-order valence-electron chi connectivity index (χ0n) is 22.6. The number of carbonyl (C=O) groups excluding carboxylic acids is 2. The lowest BCUT2D eigenvalue weighted by Crippen LogP contribution is -2.41. The van der Waals surface area contributed by atoms with Gasteiger partial charge in [0.05, 0.1) is 20.6 Å². The first-order chi connectivity index (χ1) is 19.9. The Hall–Kier alpha value is -4.69. The summed E-state index contributed by atoms with van der Waals surface area (Å²) in [5.41, 5.74) is 2.71. The van der Waals surface area contributed by atoms with Gasteiger partial charge in [0.1, 0.15) is 6.04 Å². The van der Waals surface area contributed by atoms with Gasteiger partial charge in [0.25, 0.3) is 5.91 Å². The fraction of sp³-hybridized carbons (Fsp3) is 0.188. The smallest absolute Gasteiger partial charge is 0.251 e. The molecule has 0 bridgehead atoms. The standard InChI is InChI=1S/C32H29ClN2O6/c1-38-26-14-10-23(17-28(26)39-2)31(32(37)34-25-13-15-27-29(18-25)41-20-40-27)35(19-22-8-11-24(33)12-9-22)30(36)16-21-6-4-3-5-7-21/h3-15,17-18,31H,16,19-20H2,1-2H3,(H,34,37). The van der Waals surface area contributed by atoms with Crippen LogP contribution in [0.2, 0.25) is 5.02 Å². The number of benzene rings is 4. The van der Waals surface area contributed by atoms with Crippen LogP contribution in [-0.2, 0) is 22.6 Å². The first kappa shape index (κ1) is 27.9. The van der Waals surface area contributed by atoms with Crippen LogP contribution < -0.4 is 24.3 Å². The molecule has 0 aromatic heterocycles. The van der Waals surface area contributed by atoms with Crippen molar-refractivity contribution < 1.29 is 28.5 Å². The van der Waals surface area contributed by atoms with Crippen molar-refractivity contribution in [2.75, 3.05) is 26.3 Å². The Kier molecular flexibility index (Phi) is 8.60. The second kappa shape index (κ2) is 12.7. The number of methoxy groups -OCH3 is 2. The average molecular weight is 573 g/mol. The molecule has 2 amide bonds. The molecule has 1 heterocycles. The van der Waals surface area contributed by atoms with Crippen molar-refractivity contribution in [2.24, 2.45) is 0 Å². The molecule has 8 nitrogen and oxygen atoms in total. The van der Waals surface area contributed by atoms with Crippen molar-refractivity contribution in [1.29, 1.82) is 0 Å². The molecule has 1 N–H and O–H groups in total. The van der Waals surface area contributed by atoms with Gasteiger partial charge in [-0.3, -0.25) is 9.59 Å². The summed E-state index contributed by atoms with van der Waals surface area (Å²) in [7, 11) is 3.06. The van der Waals surface area contributed by atoms with E-state index in [-0.39, 0.29) is 25.7 Å². The van der Waals surface area contributed by atoms with Gasteiger partial charge >= 0.3 is 0 Å². The summed E-state index contributed by atoms with van der Waals surface area (Å²) in [5, 5.41) is 3.55. The lowest BCUT2D eigenvalue weighted by atomic mass is 10.0. The van der Waals surface area contributed by atoms with Crippen molar-refractivity contribution in [3.63, 3.8) is 0 Å². The molecule has 1 aliphatic heterocycles. The van der Waals surface area contributed by atoms with E-state index in [1.807, 2.05) is 42.5 Å². The van der Waals surface area contributed by atoms with E-state index in [0.717, 1.165) is 11.1 Å². The van der Waals surface area contributed by atoms with Gasteiger partial charge in [-0.15, -0.1) is 0 Å². The molecule has 1 aliphatic rings. The lowest BCUT2D eigenvalue weighted by Gasteiger charge is -2.32. The Morgan fingerprint density at radius 3 is 2.32 bits per heavy atom. The number of nitrogens with zero attached hydrogens (tertiary/aromatic N) is 1. The zero-order valence-corrected chi connectivity index (χ0v) is 23.4. The number of halogens is 1. The summed E-state index contributed by atoms with van der Waals surface area (Å²) in [6, 6.07) is 25.9. The van der Waals surface area contributed by atoms with Gasteiger partial charge < -0.3 is 29.2 Å². The quantitative estimate of drug-likeness (QED) is 0.249. The third-order valence-corrected chi connectivity index (χ3v) is 6.96. The van der Waals surface area contributed by atoms with Crippen LogP contribution in [0.25, 0.3) is 0 Å². The normalized spacial score (nSPS) is 12.4. The molecule has 9 heteroatoms. The number of nitrogens with one attached hydrogen (secondary N) is 1. The molecule has 0 radical (unpaired) electrons. The van der Waals surface area contributed by atoms with E-state index < -0.39 is 11.9 Å². The zero-order chi connectivity index (χ0) is 28.8. The largest absolute Gasteiger partial charge is 0.493 e. The summed E-state index contributed by atoms with van der Waals surface area (Å²) in [6.45, 7) is 0.278. The van der Waals surface area contributed by atoms with Gasteiger partial charge in [-0.2, -0.15) is 0 Å². The van der Waals surface area contributed by atoms with Crippen LogP contribution in [0, 0.1) is 0 Å². The van der Waals surface area contributed by atoms with Crippen LogP contribution in [-0.4, -0.2) is 37.7 Å². The van der Waals surface area contributed by atoms with E-state index in [2.05, 4.69) is 5.32 Å². The minimum atomic E-state index is -1.02. The Morgan fingerprint density at radius 2 is 1.59 bits per heavy atom. The Bertz CT molecular complexity index is 1530. The maximum Gasteiger partial charge on any atom is 0.251 e. The molecule has 0 fully saturated rings. The highest BCUT2D eigenvalue weighted by molar-refractivity contribution is 6.30. The van der Waals surface area contributed by atoms with Crippen LogP contribution in [0.5, 0.6) is 23.0 Å². The highest BCUT2D eigenvalue weighted by Gasteiger charge is 2.33. The third-order valence-electron chi connectivity index (χ3n) is 6.71. The van der Waals surface area contributed by atoms with Gasteiger partial charge in [0.2, 0.25) is 12.7 Å². The number of ether oxygens (including phenoxy) is 4. The van der Waals surface area contributed by atoms with Gasteiger partial charge in [-0.1, -0.05) is 60.1 Å². The van der Waals surface area contributed by atoms with E-state index in [0.29, 0.717) is 39.3 Å². The maximum absolute atomic E-state index is 14.1. The topological polar surface area (TPSA) is 86.3 Å². The van der Waals surface area contributed by atoms with Crippen molar-refractivity contribution in [2.45, 2.75) is 19.0 Å². The van der Waals surface area contributed by atoms with Crippen molar-refractivity contribution in [3.05, 3.63) is 113 Å². The first-order valence-corrected chi connectivity index (χ1v) is 13.3. The molecular formula is C32H29ClN2O6. The molecule has 210 valence electrons. The number of fused-ring (bicyclic) bond motifs is 1. The molecule has 0 aliphatic carbocycles. The monoisotopic (exact) mass is 572 g/mol. The van der Waals surface area contributed by atoms with Gasteiger partial charge in [-0.05, 0) is 53.1 Å². The number of carbonyl (C=O) groups is 2. The van der Waals surface area contributed by atoms with E-state index in [9.17, 15) is 9.59 Å². The number of rotatable bonds is 10. The average Bonchev–Trinajstić information content (AvgIpc) is 3.46. The predicted octanol–water partition coefficient (Wildman–Crippen LogP) is 6.04. The molecule has 0 spiro atoms. The highest BCUT2D eigenvalue weighted by Crippen LogP contribution is 2.36. The minimum absolute atomic E-state index is 0.107. The minimum Gasteiger partial charge on any atom is -0.493 e. The Balaban J connectivity index is 1.56. The molecule has 1 unspecified atom stereocenters. The maximum atomic E-state index is 14.1. The van der Waals surface area contributed by atoms with E-state index in [1.54, 1.807) is 53.4 Å². The highest BCUT2D eigenvalue weighted by atomic mass is 35.5. The van der Waals surface area contributed by atoms with E-state index in [4.69, 9.17) is 30.5 Å². The number of amides is 2. The molecule has 5 rings (SSSR count). The predicted molar refractivity (Wildman–Crippen MR) is 156 cm³/mol. The van der Waals surface area contributed by atoms with Gasteiger partial charge in [-0.25, -0.2) is 0 Å². The summed E-state index contributed by atoms with van der Waals surface area (Å²) in [4.78, 5) is 29.7. The van der Waals surface area contributed by atoms with E-state index in [1.165, 1.54) is 14.2 Å². The molecular weight excluding hydrogens is 544 g/mol. The summed E-state index contributed by atoms with van der Waals surface area (Å²) in [6.07, 6.45) is 0.107. The molecule has 0 saturated carbocycles. The molecule has 41 heavy (non-hydrogen) atoms. The van der Waals surface area contributed by atoms with Gasteiger partial charge in [0, 0.05) is 23.3 Å². The number of hydrogen-bond donors (Lipinski definition) is 1. The fourth-order valence-corrected chi connectivity index (χ4v) is 4.79. The fourth-order valence-electron chi connectivity index (χ4n) is 4.66. The van der Waals surface area contributed by atoms with Crippen molar-refractivity contribution in [1.82, 2.24) is 4.90 Å². The van der Waals surface area contributed by atoms with Crippen LogP contribution in [0.3, 0.4) is 0 Å². The summed E-state index contributed by atoms with van der Waals surface area (Å²) < 4.78 is 21.8. The van der Waals surface area contributed by atoms with Crippen molar-refractivity contribution in [3.8, 4) is 23.0 Å². The van der Waals surface area contributed by atoms with E-state index >= 15 is 0 Å². The van der Waals surface area contributed by atoms with Gasteiger partial charge in [0.15, 0.2) is 23.0 Å². The number of hydrogen-bond acceptors (Lipinski definition) is 6. The Labute approximate surface area is 243 Å². The molecule has 4 aromatic rings. The summed E-state index contributed by atoms with van der Waals surface area (Å²) in [5.74, 6) is 1.43. The molecule has 1 atom stereocenters. The molecule has 4 aromatic carbocycles. The second-order valence-electron chi connectivity index (χ2n) is 9.38. The molecule has 0 saturated heterocycles. The summed E-state index contributed by atoms with van der Waals surface area (Å²) >= 11 is 6.13. The number of anilines is 1. The third kappa shape index (κ3) is 6.56. The SMILES string of the molecule is COc1ccc(C(C(=O)Nc2ccc3c(c2)OCO3)N(Cc2ccc(Cl)cc2)C(=O)Cc2ccccc2)cc1OC. The van der Waals surface area contributed by atoms with Crippen LogP contribution in [0.1, 0.15) is 22.7 Å². The van der Waals surface area contributed by atoms with Crippen LogP contribution >= 0.6 is 11.6 Å². The van der Waals surface area contributed by atoms with Crippen molar-refractivity contribution >= 4 is 29.1 Å². The van der Waals surface area contributed by atoms with Crippen LogP contribution in [0.15, 0.2) is 91.0 Å². The van der Waals surface area contributed by atoms with Crippen LogP contribution in [0.4, 0.5) is 5.69 Å². The lowest BCUT2D eigenvalue weighted by molar-refractivity contribution is -0.139.